The van der Waals surface area contributed by atoms with E-state index >= 15 is 0 Å². The zero-order valence-electron chi connectivity index (χ0n) is 8.85. The van der Waals surface area contributed by atoms with Crippen molar-refractivity contribution < 1.29 is 0 Å². The van der Waals surface area contributed by atoms with E-state index in [1.807, 2.05) is 0 Å². The van der Waals surface area contributed by atoms with Gasteiger partial charge in [0.1, 0.15) is 0 Å². The first-order chi connectivity index (χ1) is 5.13. The van der Waals surface area contributed by atoms with Crippen LogP contribution in [0.4, 0.5) is 0 Å². The molecule has 1 nitrogen and oxygen atoms in total. The minimum atomic E-state index is 0.892. The minimum absolute atomic E-state index is 0.892. The molecule has 0 aliphatic heterocycles. The van der Waals surface area contributed by atoms with Gasteiger partial charge in [-0.25, -0.2) is 0 Å². The SMILES string of the molecule is CC(C)CCCC(C)C.CN. The Labute approximate surface area is 72.4 Å². The van der Waals surface area contributed by atoms with Gasteiger partial charge in [-0.3, -0.25) is 0 Å². The van der Waals surface area contributed by atoms with E-state index in [0.717, 1.165) is 11.8 Å². The molecule has 0 aromatic carbocycles. The van der Waals surface area contributed by atoms with Crippen molar-refractivity contribution in [2.24, 2.45) is 17.6 Å². The van der Waals surface area contributed by atoms with Gasteiger partial charge in [0, 0.05) is 0 Å². The molecular weight excluding hydrogens is 134 g/mol. The lowest BCUT2D eigenvalue weighted by molar-refractivity contribution is 0.480. The predicted molar refractivity (Wildman–Crippen MR) is 53.6 cm³/mol. The molecule has 0 heterocycles. The van der Waals surface area contributed by atoms with Crippen LogP contribution in [-0.4, -0.2) is 7.05 Å². The summed E-state index contributed by atoms with van der Waals surface area (Å²) in [4.78, 5) is 0. The molecule has 0 rings (SSSR count). The Morgan fingerprint density at radius 2 is 1.09 bits per heavy atom. The molecule has 0 fully saturated rings. The Morgan fingerprint density at radius 3 is 1.27 bits per heavy atom. The summed E-state index contributed by atoms with van der Waals surface area (Å²) in [5.74, 6) is 1.78. The van der Waals surface area contributed by atoms with Crippen LogP contribution >= 0.6 is 0 Å². The molecule has 0 bridgehead atoms. The molecule has 2 N–H and O–H groups in total. The van der Waals surface area contributed by atoms with Crippen LogP contribution in [0, 0.1) is 11.8 Å². The van der Waals surface area contributed by atoms with E-state index in [2.05, 4.69) is 33.4 Å². The fraction of sp³-hybridized carbons (Fsp3) is 1.00. The van der Waals surface area contributed by atoms with Gasteiger partial charge in [-0.15, -0.1) is 0 Å². The maximum Gasteiger partial charge on any atom is -0.0195 e. The van der Waals surface area contributed by atoms with Crippen molar-refractivity contribution in [3.8, 4) is 0 Å². The van der Waals surface area contributed by atoms with Crippen molar-refractivity contribution in [1.29, 1.82) is 0 Å². The average molecular weight is 159 g/mol. The van der Waals surface area contributed by atoms with Gasteiger partial charge in [0.25, 0.3) is 0 Å². The molecule has 0 spiro atoms. The normalized spacial score (nSPS) is 9.82. The second-order valence-corrected chi connectivity index (χ2v) is 3.72. The van der Waals surface area contributed by atoms with E-state index in [9.17, 15) is 0 Å². The number of nitrogens with two attached hydrogens (primary N) is 1. The molecule has 11 heavy (non-hydrogen) atoms. The highest BCUT2D eigenvalue weighted by molar-refractivity contribution is 4.49. The zero-order valence-corrected chi connectivity index (χ0v) is 8.85. The second kappa shape index (κ2) is 9.96. The number of hydrogen-bond acceptors (Lipinski definition) is 1. The van der Waals surface area contributed by atoms with Gasteiger partial charge >= 0.3 is 0 Å². The summed E-state index contributed by atoms with van der Waals surface area (Å²) in [5, 5.41) is 0. The van der Waals surface area contributed by atoms with Crippen LogP contribution in [0.3, 0.4) is 0 Å². The van der Waals surface area contributed by atoms with Gasteiger partial charge in [-0.05, 0) is 18.9 Å². The smallest absolute Gasteiger partial charge is 0.0195 e. The van der Waals surface area contributed by atoms with Crippen molar-refractivity contribution in [2.75, 3.05) is 7.05 Å². The van der Waals surface area contributed by atoms with Crippen LogP contribution in [0.5, 0.6) is 0 Å². The first kappa shape index (κ1) is 13.5. The van der Waals surface area contributed by atoms with Gasteiger partial charge in [-0.1, -0.05) is 47.0 Å². The van der Waals surface area contributed by atoms with Crippen molar-refractivity contribution in [2.45, 2.75) is 47.0 Å². The minimum Gasteiger partial charge on any atom is -0.333 e. The Hall–Kier alpha value is -0.0400. The van der Waals surface area contributed by atoms with Gasteiger partial charge in [0.05, 0.1) is 0 Å². The van der Waals surface area contributed by atoms with Crippen molar-refractivity contribution in [3.63, 3.8) is 0 Å². The average Bonchev–Trinajstić information content (AvgIpc) is 1.90. The summed E-state index contributed by atoms with van der Waals surface area (Å²) in [6.45, 7) is 9.17. The van der Waals surface area contributed by atoms with Gasteiger partial charge in [0.2, 0.25) is 0 Å². The van der Waals surface area contributed by atoms with Crippen molar-refractivity contribution >= 4 is 0 Å². The summed E-state index contributed by atoms with van der Waals surface area (Å²) in [6.07, 6.45) is 4.21. The highest BCUT2D eigenvalue weighted by Gasteiger charge is 1.95. The molecule has 0 amide bonds. The van der Waals surface area contributed by atoms with E-state index in [1.54, 1.807) is 0 Å². The van der Waals surface area contributed by atoms with Crippen molar-refractivity contribution in [3.05, 3.63) is 0 Å². The highest BCUT2D eigenvalue weighted by Crippen LogP contribution is 2.10. The Morgan fingerprint density at radius 1 is 0.818 bits per heavy atom. The van der Waals surface area contributed by atoms with Crippen LogP contribution in [0.25, 0.3) is 0 Å². The second-order valence-electron chi connectivity index (χ2n) is 3.72. The molecule has 0 radical (unpaired) electrons. The largest absolute Gasteiger partial charge is 0.333 e. The lowest BCUT2D eigenvalue weighted by Crippen LogP contribution is -1.90. The highest BCUT2D eigenvalue weighted by atomic mass is 14.4. The molecule has 0 saturated carbocycles. The standard InChI is InChI=1S/C9H20.CH5N/c1-8(2)6-5-7-9(3)4;1-2/h8-9H,5-7H2,1-4H3;2H2,1H3. The third-order valence-corrected chi connectivity index (χ3v) is 1.56. The maximum atomic E-state index is 4.50. The summed E-state index contributed by atoms with van der Waals surface area (Å²) in [7, 11) is 1.50. The quantitative estimate of drug-likeness (QED) is 0.670. The summed E-state index contributed by atoms with van der Waals surface area (Å²) in [5.41, 5.74) is 4.50. The molecule has 0 aromatic rings. The Kier molecular flexibility index (Phi) is 12.3. The lowest BCUT2D eigenvalue weighted by atomic mass is 10.0. The zero-order chi connectivity index (χ0) is 9.28. The molecule has 0 atom stereocenters. The number of hydrogen-bond donors (Lipinski definition) is 1. The fourth-order valence-corrected chi connectivity index (χ4v) is 0.934. The molecular formula is C10H25N. The topological polar surface area (TPSA) is 26.0 Å². The Bertz CT molecular complexity index is 49.9. The first-order valence-corrected chi connectivity index (χ1v) is 4.70. The number of rotatable bonds is 4. The van der Waals surface area contributed by atoms with E-state index in [1.165, 1.54) is 26.3 Å². The molecule has 0 aliphatic carbocycles. The maximum absolute atomic E-state index is 4.50. The molecule has 0 aromatic heterocycles. The van der Waals surface area contributed by atoms with Crippen LogP contribution in [-0.2, 0) is 0 Å². The monoisotopic (exact) mass is 159 g/mol. The van der Waals surface area contributed by atoms with Crippen LogP contribution in [0.1, 0.15) is 47.0 Å². The van der Waals surface area contributed by atoms with Crippen LogP contribution < -0.4 is 5.73 Å². The summed E-state index contributed by atoms with van der Waals surface area (Å²) < 4.78 is 0. The van der Waals surface area contributed by atoms with E-state index in [4.69, 9.17) is 0 Å². The van der Waals surface area contributed by atoms with E-state index in [0.29, 0.717) is 0 Å². The third kappa shape index (κ3) is 17.8. The molecule has 1 heteroatoms. The lowest BCUT2D eigenvalue weighted by Gasteiger charge is -2.05. The molecule has 0 unspecified atom stereocenters. The van der Waals surface area contributed by atoms with E-state index < -0.39 is 0 Å². The van der Waals surface area contributed by atoms with Gasteiger partial charge < -0.3 is 5.73 Å². The van der Waals surface area contributed by atoms with Crippen molar-refractivity contribution in [1.82, 2.24) is 0 Å². The predicted octanol–water partition coefficient (Wildman–Crippen LogP) is 3.04. The van der Waals surface area contributed by atoms with Crippen LogP contribution in [0.15, 0.2) is 0 Å². The summed E-state index contributed by atoms with van der Waals surface area (Å²) in [6, 6.07) is 0. The molecule has 0 saturated heterocycles. The summed E-state index contributed by atoms with van der Waals surface area (Å²) >= 11 is 0. The third-order valence-electron chi connectivity index (χ3n) is 1.56. The fourth-order valence-electron chi connectivity index (χ4n) is 0.934. The van der Waals surface area contributed by atoms with E-state index in [-0.39, 0.29) is 0 Å². The van der Waals surface area contributed by atoms with Crippen LogP contribution in [0.2, 0.25) is 0 Å². The molecule has 0 aliphatic rings. The van der Waals surface area contributed by atoms with Gasteiger partial charge in [0.15, 0.2) is 0 Å². The first-order valence-electron chi connectivity index (χ1n) is 4.70. The van der Waals surface area contributed by atoms with Gasteiger partial charge in [-0.2, -0.15) is 0 Å². The molecule has 70 valence electrons. The Balaban J connectivity index is 0.